The van der Waals surface area contributed by atoms with E-state index in [4.69, 9.17) is 19.7 Å². The molecule has 7 rings (SSSR count). The van der Waals surface area contributed by atoms with Gasteiger partial charge in [-0.15, -0.1) is 10.2 Å². The van der Waals surface area contributed by atoms with Crippen LogP contribution < -0.4 is 9.47 Å². The second-order valence-electron chi connectivity index (χ2n) is 9.79. The van der Waals surface area contributed by atoms with E-state index in [0.29, 0.717) is 5.82 Å². The summed E-state index contributed by atoms with van der Waals surface area (Å²) in [6.07, 6.45) is 0. The van der Waals surface area contributed by atoms with Gasteiger partial charge in [-0.2, -0.15) is 14.9 Å². The van der Waals surface area contributed by atoms with E-state index in [2.05, 4.69) is 44.3 Å². The zero-order valence-electron chi connectivity index (χ0n) is 23.3. The molecule has 2 aromatic heterocycles. The number of benzene rings is 4. The maximum atomic E-state index is 5.38. The van der Waals surface area contributed by atoms with Gasteiger partial charge < -0.3 is 9.47 Å². The molecule has 0 radical (unpaired) electrons. The molecule has 1 aliphatic heterocycles. The number of thioether (sulfide) groups is 1. The summed E-state index contributed by atoms with van der Waals surface area (Å²) in [5, 5.41) is 19.6. The molecular weight excluding hydrogens is 624 g/mol. The van der Waals surface area contributed by atoms with Crippen LogP contribution in [0.25, 0.3) is 39.6 Å². The van der Waals surface area contributed by atoms with Gasteiger partial charge in [-0.3, -0.25) is 0 Å². The van der Waals surface area contributed by atoms with Crippen LogP contribution in [0.1, 0.15) is 5.56 Å². The van der Waals surface area contributed by atoms with Crippen LogP contribution in [-0.4, -0.2) is 50.3 Å². The standard InChI is InChI=1S/C33H25BrN6O2S/c1-41-27-15-7-21(8-16-27)29-19-31(23-9-17-28(42-2)18-10-23)39(37-29)26-13-5-24(6-14-26)32-35-36-33-40(32)38-30(20-43-33)22-3-11-25(34)12-4-22/h3-19H,20H2,1-2H3. The average Bonchev–Trinajstić information content (AvgIpc) is 3.70. The van der Waals surface area contributed by atoms with Crippen molar-refractivity contribution in [3.8, 4) is 51.1 Å². The van der Waals surface area contributed by atoms with Crippen LogP contribution in [0.15, 0.2) is 118 Å². The van der Waals surface area contributed by atoms with Gasteiger partial charge in [0.1, 0.15) is 11.5 Å². The summed E-state index contributed by atoms with van der Waals surface area (Å²) >= 11 is 5.14. The van der Waals surface area contributed by atoms with Crippen molar-refractivity contribution in [3.05, 3.63) is 113 Å². The molecule has 3 heterocycles. The molecule has 0 atom stereocenters. The lowest BCUT2D eigenvalue weighted by Crippen LogP contribution is -2.13. The molecule has 0 bridgehead atoms. The van der Waals surface area contributed by atoms with Crippen molar-refractivity contribution in [2.24, 2.45) is 5.10 Å². The minimum absolute atomic E-state index is 0.693. The summed E-state index contributed by atoms with van der Waals surface area (Å²) < 4.78 is 15.6. The highest BCUT2D eigenvalue weighted by Crippen LogP contribution is 2.33. The molecule has 0 fully saturated rings. The molecule has 6 aromatic rings. The first-order valence-corrected chi connectivity index (χ1v) is 15.3. The molecule has 4 aromatic carbocycles. The number of methoxy groups -OCH3 is 2. The summed E-state index contributed by atoms with van der Waals surface area (Å²) in [4.78, 5) is 0. The summed E-state index contributed by atoms with van der Waals surface area (Å²) in [6, 6.07) is 34.4. The average molecular weight is 650 g/mol. The number of aromatic nitrogens is 5. The van der Waals surface area contributed by atoms with Gasteiger partial charge >= 0.3 is 0 Å². The van der Waals surface area contributed by atoms with E-state index >= 15 is 0 Å². The number of halogens is 1. The van der Waals surface area contributed by atoms with Crippen LogP contribution in [0.2, 0.25) is 0 Å². The Morgan fingerprint density at radius 1 is 0.698 bits per heavy atom. The Labute approximate surface area is 261 Å². The fourth-order valence-electron chi connectivity index (χ4n) is 4.89. The lowest BCUT2D eigenvalue weighted by molar-refractivity contribution is 0.414. The highest BCUT2D eigenvalue weighted by molar-refractivity contribution is 9.10. The number of fused-ring (bicyclic) bond motifs is 1. The summed E-state index contributed by atoms with van der Waals surface area (Å²) in [6.45, 7) is 0. The third-order valence-electron chi connectivity index (χ3n) is 7.20. The third kappa shape index (κ3) is 5.35. The third-order valence-corrected chi connectivity index (χ3v) is 8.66. The predicted molar refractivity (Wildman–Crippen MR) is 173 cm³/mol. The van der Waals surface area contributed by atoms with E-state index in [0.717, 1.165) is 71.9 Å². The van der Waals surface area contributed by atoms with Gasteiger partial charge in [0, 0.05) is 26.9 Å². The lowest BCUT2D eigenvalue weighted by atomic mass is 10.1. The number of hydrogen-bond acceptors (Lipinski definition) is 7. The smallest absolute Gasteiger partial charge is 0.212 e. The van der Waals surface area contributed by atoms with Gasteiger partial charge in [0.15, 0.2) is 5.82 Å². The Hall–Kier alpha value is -4.67. The van der Waals surface area contributed by atoms with E-state index in [-0.39, 0.29) is 0 Å². The number of nitrogens with zero attached hydrogens (tertiary/aromatic N) is 6. The first-order valence-electron chi connectivity index (χ1n) is 13.5. The molecular formula is C33H25BrN6O2S. The first kappa shape index (κ1) is 27.2. The van der Waals surface area contributed by atoms with Crippen LogP contribution in [0, 0.1) is 0 Å². The van der Waals surface area contributed by atoms with Crippen molar-refractivity contribution in [2.45, 2.75) is 5.16 Å². The summed E-state index contributed by atoms with van der Waals surface area (Å²) in [5.41, 5.74) is 7.73. The molecule has 1 aliphatic rings. The second-order valence-corrected chi connectivity index (χ2v) is 11.6. The Balaban J connectivity index is 1.25. The molecule has 0 spiro atoms. The Morgan fingerprint density at radius 2 is 1.30 bits per heavy atom. The minimum atomic E-state index is 0.693. The molecule has 212 valence electrons. The Morgan fingerprint density at radius 3 is 1.95 bits per heavy atom. The maximum Gasteiger partial charge on any atom is 0.212 e. The van der Waals surface area contributed by atoms with Crippen LogP contribution in [0.5, 0.6) is 11.5 Å². The Bertz CT molecular complexity index is 1930. The van der Waals surface area contributed by atoms with E-state index in [9.17, 15) is 0 Å². The van der Waals surface area contributed by atoms with Crippen LogP contribution in [0.4, 0.5) is 0 Å². The monoisotopic (exact) mass is 648 g/mol. The van der Waals surface area contributed by atoms with Gasteiger partial charge in [-0.05, 0) is 96.6 Å². The van der Waals surface area contributed by atoms with Crippen molar-refractivity contribution in [3.63, 3.8) is 0 Å². The molecule has 43 heavy (non-hydrogen) atoms. The van der Waals surface area contributed by atoms with E-state index < -0.39 is 0 Å². The van der Waals surface area contributed by atoms with Gasteiger partial charge in [0.2, 0.25) is 5.16 Å². The van der Waals surface area contributed by atoms with Crippen LogP contribution in [-0.2, 0) is 0 Å². The molecule has 0 N–H and O–H groups in total. The maximum absolute atomic E-state index is 5.38. The normalized spacial score (nSPS) is 12.5. The fraction of sp³-hybridized carbons (Fsp3) is 0.0909. The zero-order chi connectivity index (χ0) is 29.3. The van der Waals surface area contributed by atoms with Crippen LogP contribution >= 0.6 is 27.7 Å². The van der Waals surface area contributed by atoms with Gasteiger partial charge in [-0.25, -0.2) is 4.68 Å². The Kier molecular flexibility index (Phi) is 7.30. The first-order chi connectivity index (χ1) is 21.1. The summed E-state index contributed by atoms with van der Waals surface area (Å²) in [7, 11) is 3.33. The summed E-state index contributed by atoms with van der Waals surface area (Å²) in [5.74, 6) is 3.04. The van der Waals surface area contributed by atoms with Crippen molar-refractivity contribution >= 4 is 33.4 Å². The lowest BCUT2D eigenvalue weighted by Gasteiger charge is -2.14. The van der Waals surface area contributed by atoms with Gasteiger partial charge in [0.05, 0.1) is 37.0 Å². The van der Waals surface area contributed by atoms with E-state index in [1.165, 1.54) is 0 Å². The number of rotatable bonds is 7. The quantitative estimate of drug-likeness (QED) is 0.177. The SMILES string of the molecule is COc1ccc(-c2cc(-c3ccc(OC)cc3)n(-c3ccc(-c4nnc5n4N=C(c4ccc(Br)cc4)CS5)cc3)n2)cc1. The largest absolute Gasteiger partial charge is 0.497 e. The zero-order valence-corrected chi connectivity index (χ0v) is 25.7. The highest BCUT2D eigenvalue weighted by atomic mass is 79.9. The van der Waals surface area contributed by atoms with Crippen molar-refractivity contribution in [2.75, 3.05) is 20.0 Å². The topological polar surface area (TPSA) is 79.4 Å². The second kappa shape index (κ2) is 11.5. The molecule has 8 nitrogen and oxygen atoms in total. The molecule has 0 aliphatic carbocycles. The molecule has 0 unspecified atom stereocenters. The molecule has 10 heteroatoms. The van der Waals surface area contributed by atoms with Crippen molar-refractivity contribution in [1.29, 1.82) is 0 Å². The number of hydrogen-bond donors (Lipinski definition) is 0. The molecule has 0 amide bonds. The van der Waals surface area contributed by atoms with Gasteiger partial charge in [-0.1, -0.05) is 39.8 Å². The van der Waals surface area contributed by atoms with Crippen molar-refractivity contribution < 1.29 is 9.47 Å². The minimum Gasteiger partial charge on any atom is -0.497 e. The van der Waals surface area contributed by atoms with E-state index in [1.54, 1.807) is 26.0 Å². The highest BCUT2D eigenvalue weighted by Gasteiger charge is 2.21. The number of ether oxygens (including phenoxy) is 2. The fourth-order valence-corrected chi connectivity index (χ4v) is 5.99. The van der Waals surface area contributed by atoms with E-state index in [1.807, 2.05) is 94.3 Å². The molecule has 0 saturated heterocycles. The van der Waals surface area contributed by atoms with Crippen molar-refractivity contribution in [1.82, 2.24) is 24.7 Å². The van der Waals surface area contributed by atoms with Crippen LogP contribution in [0.3, 0.4) is 0 Å². The molecule has 0 saturated carbocycles. The van der Waals surface area contributed by atoms with Gasteiger partial charge in [0.25, 0.3) is 0 Å². The predicted octanol–water partition coefficient (Wildman–Crippen LogP) is 7.60.